The predicted octanol–water partition coefficient (Wildman–Crippen LogP) is -0.309. The van der Waals surface area contributed by atoms with Gasteiger partial charge in [-0.15, -0.1) is 0 Å². The molecule has 0 radical (unpaired) electrons. The highest BCUT2D eigenvalue weighted by Crippen LogP contribution is 2.25. The molecule has 5 amide bonds. The van der Waals surface area contributed by atoms with Gasteiger partial charge in [-0.3, -0.25) is 33.6 Å². The van der Waals surface area contributed by atoms with Gasteiger partial charge in [-0.1, -0.05) is 6.42 Å². The molecule has 0 aromatic rings. The van der Waals surface area contributed by atoms with Gasteiger partial charge in [-0.2, -0.15) is 0 Å². The van der Waals surface area contributed by atoms with Crippen molar-refractivity contribution >= 4 is 48.9 Å². The van der Waals surface area contributed by atoms with E-state index in [1.54, 1.807) is 6.66 Å². The van der Waals surface area contributed by atoms with Gasteiger partial charge >= 0.3 is 0 Å². The molecule has 0 aliphatic heterocycles. The van der Waals surface area contributed by atoms with Crippen LogP contribution in [0.5, 0.6) is 0 Å². The van der Waals surface area contributed by atoms with Crippen LogP contribution in [0.25, 0.3) is 0 Å². The number of primary amides is 1. The summed E-state index contributed by atoms with van der Waals surface area (Å²) in [6.45, 7) is 4.17. The summed E-state index contributed by atoms with van der Waals surface area (Å²) in [6, 6.07) is 0. The highest BCUT2D eigenvalue weighted by atomic mass is 31.1. The van der Waals surface area contributed by atoms with Gasteiger partial charge in [0.15, 0.2) is 11.6 Å². The van der Waals surface area contributed by atoms with Crippen LogP contribution in [-0.2, 0) is 28.8 Å². The second kappa shape index (κ2) is 16.7. The Morgan fingerprint density at radius 2 is 1.45 bits per heavy atom. The number of carbonyl (C=O) groups excluding carboxylic acids is 7. The summed E-state index contributed by atoms with van der Waals surface area (Å²) in [6.07, 6.45) is 1.17. The quantitative estimate of drug-likeness (QED) is 0.137. The summed E-state index contributed by atoms with van der Waals surface area (Å²) in [5.41, 5.74) is 5.11. The molecule has 0 saturated carbocycles. The molecule has 0 heterocycles. The molecule has 0 aromatic heterocycles. The van der Waals surface area contributed by atoms with Gasteiger partial charge in [0.25, 0.3) is 5.65 Å². The van der Waals surface area contributed by atoms with Crippen LogP contribution in [-0.4, -0.2) is 67.1 Å². The Morgan fingerprint density at radius 1 is 0.818 bits per heavy atom. The van der Waals surface area contributed by atoms with Gasteiger partial charge in [-0.05, 0) is 19.5 Å². The Labute approximate surface area is 194 Å². The van der Waals surface area contributed by atoms with Crippen molar-refractivity contribution in [1.82, 2.24) is 21.0 Å². The minimum absolute atomic E-state index is 0.0640. The lowest BCUT2D eigenvalue weighted by Crippen LogP contribution is -2.33. The Bertz CT molecular complexity index is 744. The van der Waals surface area contributed by atoms with Gasteiger partial charge in [-0.25, -0.2) is 0 Å². The van der Waals surface area contributed by atoms with E-state index in [0.29, 0.717) is 25.8 Å². The van der Waals surface area contributed by atoms with Crippen molar-refractivity contribution in [3.63, 3.8) is 0 Å². The van der Waals surface area contributed by atoms with Gasteiger partial charge in [0.1, 0.15) is 0 Å². The fourth-order valence-electron chi connectivity index (χ4n) is 2.66. The van der Waals surface area contributed by atoms with E-state index in [0.717, 1.165) is 0 Å². The molecular weight excluding hydrogens is 453 g/mol. The van der Waals surface area contributed by atoms with Crippen LogP contribution < -0.4 is 26.8 Å². The number of ketones is 2. The number of hydrogen-bond acceptors (Lipinski definition) is 7. The van der Waals surface area contributed by atoms with Crippen LogP contribution in [0.1, 0.15) is 52.4 Å². The minimum Gasteiger partial charge on any atom is -0.369 e. The zero-order valence-electron chi connectivity index (χ0n) is 19.3. The lowest BCUT2D eigenvalue weighted by atomic mass is 9.95. The second-order valence-corrected chi connectivity index (χ2v) is 9.27. The zero-order chi connectivity index (χ0) is 25.4. The maximum absolute atomic E-state index is 12.1. The lowest BCUT2D eigenvalue weighted by Gasteiger charge is -2.14. The number of carbonyl (C=O) groups is 7. The van der Waals surface area contributed by atoms with Crippen molar-refractivity contribution in [2.24, 2.45) is 11.7 Å². The lowest BCUT2D eigenvalue weighted by molar-refractivity contribution is -0.129. The average Bonchev–Trinajstić information content (AvgIpc) is 2.72. The smallest absolute Gasteiger partial charge is 0.261 e. The number of Topliss-reactive ketones (excluding diaryl/α,β-unsaturated/α-hetero) is 2. The Morgan fingerprint density at radius 3 is 2.03 bits per heavy atom. The van der Waals surface area contributed by atoms with Crippen LogP contribution in [0.15, 0.2) is 0 Å². The fourth-order valence-corrected chi connectivity index (χ4v) is 3.58. The van der Waals surface area contributed by atoms with E-state index in [9.17, 15) is 33.6 Å². The maximum atomic E-state index is 12.1. The summed E-state index contributed by atoms with van der Waals surface area (Å²) in [5.74, 6) is -3.08. The molecule has 0 saturated heterocycles. The first-order valence-corrected chi connectivity index (χ1v) is 12.3. The third-order valence-corrected chi connectivity index (χ3v) is 5.83. The minimum atomic E-state index is -1.30. The van der Waals surface area contributed by atoms with E-state index in [1.807, 2.05) is 0 Å². The highest BCUT2D eigenvalue weighted by Gasteiger charge is 2.20. The van der Waals surface area contributed by atoms with E-state index in [4.69, 9.17) is 5.73 Å². The van der Waals surface area contributed by atoms with Gasteiger partial charge < -0.3 is 26.8 Å². The van der Waals surface area contributed by atoms with E-state index < -0.39 is 25.8 Å². The van der Waals surface area contributed by atoms with Crippen LogP contribution >= 0.6 is 8.07 Å². The first-order chi connectivity index (χ1) is 15.4. The zero-order valence-corrected chi connectivity index (χ0v) is 20.2. The largest absolute Gasteiger partial charge is 0.369 e. The van der Waals surface area contributed by atoms with Crippen molar-refractivity contribution in [3.05, 3.63) is 0 Å². The van der Waals surface area contributed by atoms with Crippen LogP contribution in [0.4, 0.5) is 4.79 Å². The molecule has 13 heteroatoms. The average molecular weight is 487 g/mol. The monoisotopic (exact) mass is 487 g/mol. The topological polar surface area (TPSA) is 194 Å². The molecule has 0 rings (SSSR count). The fraction of sp³-hybridized carbons (Fsp3) is 0.650. The molecule has 2 atom stereocenters. The van der Waals surface area contributed by atoms with Crippen molar-refractivity contribution in [1.29, 1.82) is 0 Å². The molecule has 0 aliphatic rings. The van der Waals surface area contributed by atoms with E-state index >= 15 is 0 Å². The first-order valence-electron chi connectivity index (χ1n) is 10.5. The number of amides is 5. The Kier molecular flexibility index (Phi) is 15.3. The highest BCUT2D eigenvalue weighted by molar-refractivity contribution is 7.72. The van der Waals surface area contributed by atoms with E-state index in [2.05, 4.69) is 21.0 Å². The van der Waals surface area contributed by atoms with E-state index in [1.165, 1.54) is 13.8 Å². The van der Waals surface area contributed by atoms with Gasteiger partial charge in [0.05, 0.1) is 21.2 Å². The summed E-state index contributed by atoms with van der Waals surface area (Å²) >= 11 is 0. The van der Waals surface area contributed by atoms with Crippen LogP contribution in [0.3, 0.4) is 0 Å². The number of hydrogen-bond donors (Lipinski definition) is 5. The third-order valence-electron chi connectivity index (χ3n) is 4.41. The van der Waals surface area contributed by atoms with Crippen LogP contribution in [0.2, 0.25) is 0 Å². The standard InChI is InChI=1S/C20H34N5O7P/c1-13(26)23-11-16(28)7-8-18(30)24-12-17(29)10-15(19(21)31)6-4-5-9-22-20(32)33(3)25-14(2)27/h15H,4-12H2,1-3H3,(H2,21,31)(H,22,32)(H,23,26)(H,24,30)(H,25,27). The number of rotatable bonds is 17. The molecule has 0 bridgehead atoms. The predicted molar refractivity (Wildman–Crippen MR) is 122 cm³/mol. The Hall–Kier alpha value is -2.88. The Balaban J connectivity index is 4.16. The summed E-state index contributed by atoms with van der Waals surface area (Å²) < 4.78 is 0. The number of nitrogens with two attached hydrogens (primary N) is 1. The normalized spacial score (nSPS) is 12.1. The molecule has 12 nitrogen and oxygen atoms in total. The van der Waals surface area contributed by atoms with Gasteiger partial charge in [0.2, 0.25) is 23.6 Å². The summed E-state index contributed by atoms with van der Waals surface area (Å²) in [4.78, 5) is 80.5. The van der Waals surface area contributed by atoms with Crippen molar-refractivity contribution in [2.75, 3.05) is 26.3 Å². The summed E-state index contributed by atoms with van der Waals surface area (Å²) in [7, 11) is -1.30. The summed E-state index contributed by atoms with van der Waals surface area (Å²) in [5, 5.41) is 9.98. The van der Waals surface area contributed by atoms with Crippen molar-refractivity contribution in [2.45, 2.75) is 52.4 Å². The molecule has 6 N–H and O–H groups in total. The molecule has 0 aromatic carbocycles. The van der Waals surface area contributed by atoms with Crippen LogP contribution in [0, 0.1) is 5.92 Å². The third kappa shape index (κ3) is 16.4. The number of nitrogens with one attached hydrogen (secondary N) is 4. The molecular formula is C20H34N5O7P. The number of unbranched alkanes of at least 4 members (excludes halogenated alkanes) is 1. The first kappa shape index (κ1) is 30.1. The molecule has 2 unspecified atom stereocenters. The van der Waals surface area contributed by atoms with E-state index in [-0.39, 0.29) is 61.4 Å². The van der Waals surface area contributed by atoms with Gasteiger partial charge in [0, 0.05) is 45.6 Å². The maximum Gasteiger partial charge on any atom is 0.261 e. The molecule has 0 spiro atoms. The SMILES string of the molecule is CC(=O)NCC(=O)CCC(=O)NCC(=O)CC(CCCCNC(=O)P(C)NC(C)=O)C(N)=O. The second-order valence-electron chi connectivity index (χ2n) is 7.52. The molecule has 186 valence electrons. The van der Waals surface area contributed by atoms with Crippen molar-refractivity contribution in [3.8, 4) is 0 Å². The molecule has 0 fully saturated rings. The molecule has 0 aliphatic carbocycles. The molecule has 33 heavy (non-hydrogen) atoms. The van der Waals surface area contributed by atoms with Crippen molar-refractivity contribution < 1.29 is 33.6 Å².